The smallest absolute Gasteiger partial charge is 0.179 e. The Balaban J connectivity index is 2.48. The summed E-state index contributed by atoms with van der Waals surface area (Å²) in [5.74, 6) is 4.90. The Morgan fingerprint density at radius 3 is 2.77 bits per heavy atom. The first-order valence-electron chi connectivity index (χ1n) is 3.92. The van der Waals surface area contributed by atoms with E-state index in [0.29, 0.717) is 12.8 Å². The molecule has 74 valence electrons. The fourth-order valence-corrected chi connectivity index (χ4v) is 1.32. The van der Waals surface area contributed by atoms with E-state index in [1.807, 2.05) is 0 Å². The molecule has 0 aromatic carbocycles. The van der Waals surface area contributed by atoms with E-state index in [1.165, 1.54) is 0 Å². The van der Waals surface area contributed by atoms with E-state index in [-0.39, 0.29) is 6.54 Å². The first-order valence-corrected chi connectivity index (χ1v) is 3.92. The molecule has 13 heavy (non-hydrogen) atoms. The SMILES string of the molecule is NO[C@H]1C[C@@H](N=O)C[C@@H](CN=O)O1. The van der Waals surface area contributed by atoms with Crippen molar-refractivity contribution in [3.63, 3.8) is 0 Å². The summed E-state index contributed by atoms with van der Waals surface area (Å²) in [7, 11) is 0. The Morgan fingerprint density at radius 1 is 1.46 bits per heavy atom. The highest BCUT2D eigenvalue weighted by Crippen LogP contribution is 2.22. The lowest BCUT2D eigenvalue weighted by Gasteiger charge is -2.29. The van der Waals surface area contributed by atoms with Crippen LogP contribution in [0.25, 0.3) is 0 Å². The van der Waals surface area contributed by atoms with Gasteiger partial charge in [-0.05, 0) is 0 Å². The Kier molecular flexibility index (Phi) is 3.87. The highest BCUT2D eigenvalue weighted by Gasteiger charge is 2.30. The molecule has 1 aliphatic heterocycles. The number of ether oxygens (including phenoxy) is 1. The minimum atomic E-state index is -0.664. The van der Waals surface area contributed by atoms with Crippen LogP contribution < -0.4 is 5.90 Å². The molecule has 0 bridgehead atoms. The van der Waals surface area contributed by atoms with Crippen molar-refractivity contribution in [1.82, 2.24) is 0 Å². The Bertz CT molecular complexity index is 189. The summed E-state index contributed by atoms with van der Waals surface area (Å²) in [4.78, 5) is 24.6. The van der Waals surface area contributed by atoms with Crippen LogP contribution in [0.15, 0.2) is 10.4 Å². The highest BCUT2D eigenvalue weighted by molar-refractivity contribution is 4.79. The van der Waals surface area contributed by atoms with E-state index in [2.05, 4.69) is 15.2 Å². The second-order valence-electron chi connectivity index (χ2n) is 2.87. The van der Waals surface area contributed by atoms with Gasteiger partial charge in [0, 0.05) is 12.8 Å². The van der Waals surface area contributed by atoms with Crippen molar-refractivity contribution < 1.29 is 9.57 Å². The number of hydrogen-bond donors (Lipinski definition) is 1. The summed E-state index contributed by atoms with van der Waals surface area (Å²) < 4.78 is 5.17. The maximum Gasteiger partial charge on any atom is 0.179 e. The molecule has 0 aliphatic carbocycles. The minimum absolute atomic E-state index is 0.00806. The molecule has 0 aromatic rings. The number of nitrogens with two attached hydrogens (primary N) is 1. The van der Waals surface area contributed by atoms with Crippen LogP contribution in [-0.4, -0.2) is 25.0 Å². The van der Waals surface area contributed by atoms with Gasteiger partial charge in [0.05, 0.1) is 12.1 Å². The van der Waals surface area contributed by atoms with E-state index in [9.17, 15) is 9.81 Å². The average molecular weight is 189 g/mol. The second kappa shape index (κ2) is 4.95. The van der Waals surface area contributed by atoms with Gasteiger partial charge in [-0.3, -0.25) is 4.84 Å². The van der Waals surface area contributed by atoms with Gasteiger partial charge < -0.3 is 4.74 Å². The van der Waals surface area contributed by atoms with Crippen LogP contribution in [-0.2, 0) is 9.57 Å². The molecule has 0 unspecified atom stereocenters. The molecule has 3 atom stereocenters. The molecule has 1 fully saturated rings. The number of nitrogens with zero attached hydrogens (tertiary/aromatic N) is 2. The zero-order valence-electron chi connectivity index (χ0n) is 6.96. The number of rotatable bonds is 4. The standard InChI is InChI=1S/C6H11N3O4/c7-13-6-2-4(9-11)1-5(12-6)3-8-10/h4-6H,1-3,7H2/t4-,5-,6-/m0/s1. The molecule has 1 heterocycles. The summed E-state index contributed by atoms with van der Waals surface area (Å²) in [6.45, 7) is -0.00806. The summed E-state index contributed by atoms with van der Waals surface area (Å²) in [6.07, 6.45) is -0.351. The molecule has 0 amide bonds. The van der Waals surface area contributed by atoms with Crippen molar-refractivity contribution >= 4 is 0 Å². The molecule has 0 radical (unpaired) electrons. The molecule has 0 spiro atoms. The van der Waals surface area contributed by atoms with E-state index in [4.69, 9.17) is 10.6 Å². The van der Waals surface area contributed by atoms with Gasteiger partial charge in [0.2, 0.25) is 0 Å². The third-order valence-electron chi connectivity index (χ3n) is 1.92. The lowest BCUT2D eigenvalue weighted by Crippen LogP contribution is -2.38. The normalized spacial score (nSPS) is 34.1. The van der Waals surface area contributed by atoms with Gasteiger partial charge in [0.1, 0.15) is 6.54 Å². The highest BCUT2D eigenvalue weighted by atomic mass is 16.8. The topological polar surface area (TPSA) is 103 Å². The van der Waals surface area contributed by atoms with Gasteiger partial charge >= 0.3 is 0 Å². The molecule has 1 aliphatic rings. The van der Waals surface area contributed by atoms with Gasteiger partial charge in [-0.1, -0.05) is 10.4 Å². The quantitative estimate of drug-likeness (QED) is 0.505. The van der Waals surface area contributed by atoms with Gasteiger partial charge in [0.25, 0.3) is 0 Å². The van der Waals surface area contributed by atoms with Gasteiger partial charge in [-0.2, -0.15) is 9.81 Å². The van der Waals surface area contributed by atoms with Gasteiger partial charge in [-0.25, -0.2) is 5.90 Å². The summed E-state index contributed by atoms with van der Waals surface area (Å²) in [5.41, 5.74) is 0. The summed E-state index contributed by atoms with van der Waals surface area (Å²) in [6, 6.07) is -0.408. The van der Waals surface area contributed by atoms with Crippen LogP contribution in [0.4, 0.5) is 0 Å². The minimum Gasteiger partial charge on any atom is -0.345 e. The van der Waals surface area contributed by atoms with Gasteiger partial charge in [0.15, 0.2) is 6.29 Å². The monoisotopic (exact) mass is 189 g/mol. The largest absolute Gasteiger partial charge is 0.345 e. The summed E-state index contributed by atoms with van der Waals surface area (Å²) in [5, 5.41) is 5.55. The molecular formula is C6H11N3O4. The third kappa shape index (κ3) is 2.79. The van der Waals surface area contributed by atoms with Crippen molar-refractivity contribution in [2.75, 3.05) is 6.54 Å². The van der Waals surface area contributed by atoms with E-state index >= 15 is 0 Å². The number of nitroso groups, excluding NO2 is 2. The van der Waals surface area contributed by atoms with Gasteiger partial charge in [-0.15, -0.1) is 0 Å². The molecule has 0 saturated carbocycles. The van der Waals surface area contributed by atoms with Crippen LogP contribution >= 0.6 is 0 Å². The van der Waals surface area contributed by atoms with E-state index < -0.39 is 18.4 Å². The van der Waals surface area contributed by atoms with E-state index in [1.54, 1.807) is 0 Å². The fourth-order valence-electron chi connectivity index (χ4n) is 1.32. The predicted octanol–water partition coefficient (Wildman–Crippen LogP) is 0.283. The van der Waals surface area contributed by atoms with Crippen molar-refractivity contribution in [2.24, 2.45) is 16.3 Å². The van der Waals surface area contributed by atoms with Crippen molar-refractivity contribution in [1.29, 1.82) is 0 Å². The molecule has 0 aromatic heterocycles. The zero-order chi connectivity index (χ0) is 9.68. The van der Waals surface area contributed by atoms with Crippen LogP contribution in [0.5, 0.6) is 0 Å². The van der Waals surface area contributed by atoms with Crippen molar-refractivity contribution in [2.45, 2.75) is 31.3 Å². The maximum absolute atomic E-state index is 10.3. The zero-order valence-corrected chi connectivity index (χ0v) is 6.96. The summed E-state index contributed by atoms with van der Waals surface area (Å²) >= 11 is 0. The first kappa shape index (κ1) is 10.2. The molecule has 1 rings (SSSR count). The molecule has 7 nitrogen and oxygen atoms in total. The lowest BCUT2D eigenvalue weighted by molar-refractivity contribution is -0.196. The van der Waals surface area contributed by atoms with E-state index in [0.717, 1.165) is 0 Å². The fraction of sp³-hybridized carbons (Fsp3) is 1.00. The van der Waals surface area contributed by atoms with Crippen molar-refractivity contribution in [3.05, 3.63) is 9.81 Å². The first-order chi connectivity index (χ1) is 6.30. The molecular weight excluding hydrogens is 178 g/mol. The second-order valence-corrected chi connectivity index (χ2v) is 2.87. The average Bonchev–Trinajstić information content (AvgIpc) is 2.17. The third-order valence-corrected chi connectivity index (χ3v) is 1.92. The maximum atomic E-state index is 10.3. The van der Waals surface area contributed by atoms with Crippen LogP contribution in [0.1, 0.15) is 12.8 Å². The molecule has 7 heteroatoms. The molecule has 2 N–H and O–H groups in total. The Labute approximate surface area is 74.5 Å². The Morgan fingerprint density at radius 2 is 2.23 bits per heavy atom. The Hall–Kier alpha value is -0.920. The van der Waals surface area contributed by atoms with Crippen LogP contribution in [0.2, 0.25) is 0 Å². The number of hydrogen-bond acceptors (Lipinski definition) is 7. The van der Waals surface area contributed by atoms with Crippen LogP contribution in [0, 0.1) is 9.81 Å². The van der Waals surface area contributed by atoms with Crippen molar-refractivity contribution in [3.8, 4) is 0 Å². The lowest BCUT2D eigenvalue weighted by atomic mass is 10.0. The van der Waals surface area contributed by atoms with Crippen LogP contribution in [0.3, 0.4) is 0 Å². The molecule has 1 saturated heterocycles. The predicted molar refractivity (Wildman–Crippen MR) is 43.4 cm³/mol.